The minimum absolute atomic E-state index is 0.0655. The highest BCUT2D eigenvalue weighted by molar-refractivity contribution is 9.10. The molecule has 1 aromatic heterocycles. The Labute approximate surface area is 136 Å². The lowest BCUT2D eigenvalue weighted by atomic mass is 9.94. The molecule has 0 fully saturated rings. The predicted octanol–water partition coefficient (Wildman–Crippen LogP) is 4.73. The van der Waals surface area contributed by atoms with E-state index in [-0.39, 0.29) is 11.0 Å². The normalized spacial score (nSPS) is 11.6. The van der Waals surface area contributed by atoms with Crippen LogP contribution in [0.5, 0.6) is 0 Å². The first-order valence-corrected chi connectivity index (χ1v) is 8.16. The van der Waals surface area contributed by atoms with Gasteiger partial charge in [0.25, 0.3) is 0 Å². The van der Waals surface area contributed by atoms with E-state index < -0.39 is 5.97 Å². The van der Waals surface area contributed by atoms with Gasteiger partial charge in [0, 0.05) is 14.8 Å². The molecule has 0 bridgehead atoms. The Morgan fingerprint density at radius 3 is 2.71 bits per heavy atom. The van der Waals surface area contributed by atoms with Gasteiger partial charge in [-0.3, -0.25) is 0 Å². The molecule has 1 heterocycles. The van der Waals surface area contributed by atoms with Gasteiger partial charge in [0.1, 0.15) is 5.76 Å². The van der Waals surface area contributed by atoms with Gasteiger partial charge in [-0.2, -0.15) is 0 Å². The molecule has 0 unspecified atom stereocenters. The quantitative estimate of drug-likeness (QED) is 0.789. The number of hydrogen-bond acceptors (Lipinski definition) is 4. The van der Waals surface area contributed by atoms with Gasteiger partial charge < -0.3 is 9.52 Å². The molecule has 2 aromatic rings. The summed E-state index contributed by atoms with van der Waals surface area (Å²) in [5.41, 5.74) is 0.187. The maximum atomic E-state index is 11.1. The minimum atomic E-state index is -0.949. The lowest BCUT2D eigenvalue weighted by Gasteiger charge is -2.13. The van der Waals surface area contributed by atoms with Crippen LogP contribution in [0.1, 0.15) is 42.8 Å². The van der Waals surface area contributed by atoms with Crippen LogP contribution in [-0.2, 0) is 11.2 Å². The summed E-state index contributed by atoms with van der Waals surface area (Å²) in [6.07, 6.45) is 1.75. The molecular formula is C15H16BrNO3S. The standard InChI is InChI=1S/C15H16BrNO3S/c1-15(2,3)12-7-17-13(20-12)8-21-9-4-5-11(16)10(6-9)14(18)19/h4-7H,8H2,1-3H3,(H,18,19). The number of thioether (sulfide) groups is 1. The SMILES string of the molecule is CC(C)(C)c1cnc(CSc2ccc(Br)c(C(=O)O)c2)o1. The van der Waals surface area contributed by atoms with Crippen molar-refractivity contribution in [1.29, 1.82) is 0 Å². The number of oxazole rings is 1. The lowest BCUT2D eigenvalue weighted by molar-refractivity contribution is 0.0695. The van der Waals surface area contributed by atoms with Crippen LogP contribution >= 0.6 is 27.7 Å². The van der Waals surface area contributed by atoms with E-state index >= 15 is 0 Å². The molecule has 0 spiro atoms. The van der Waals surface area contributed by atoms with Gasteiger partial charge in [-0.1, -0.05) is 20.8 Å². The Morgan fingerprint density at radius 1 is 1.43 bits per heavy atom. The zero-order valence-electron chi connectivity index (χ0n) is 12.0. The van der Waals surface area contributed by atoms with Crippen LogP contribution in [0.15, 0.2) is 38.2 Å². The highest BCUT2D eigenvalue weighted by Gasteiger charge is 2.19. The number of hydrogen-bond donors (Lipinski definition) is 1. The van der Waals surface area contributed by atoms with Crippen molar-refractivity contribution >= 4 is 33.7 Å². The largest absolute Gasteiger partial charge is 0.478 e. The molecule has 0 radical (unpaired) electrons. The van der Waals surface area contributed by atoms with E-state index in [2.05, 4.69) is 41.7 Å². The number of carboxylic acid groups (broad SMARTS) is 1. The van der Waals surface area contributed by atoms with Crippen LogP contribution in [0.25, 0.3) is 0 Å². The first-order valence-electron chi connectivity index (χ1n) is 6.38. The highest BCUT2D eigenvalue weighted by Crippen LogP contribution is 2.29. The number of rotatable bonds is 4. The maximum Gasteiger partial charge on any atom is 0.336 e. The number of aromatic carboxylic acids is 1. The average molecular weight is 370 g/mol. The van der Waals surface area contributed by atoms with Gasteiger partial charge in [-0.25, -0.2) is 9.78 Å². The van der Waals surface area contributed by atoms with Gasteiger partial charge >= 0.3 is 5.97 Å². The summed E-state index contributed by atoms with van der Waals surface area (Å²) in [4.78, 5) is 16.2. The van der Waals surface area contributed by atoms with Gasteiger partial charge in [0.05, 0.1) is 17.5 Å². The van der Waals surface area contributed by atoms with Gasteiger partial charge in [-0.15, -0.1) is 11.8 Å². The highest BCUT2D eigenvalue weighted by atomic mass is 79.9. The summed E-state index contributed by atoms with van der Waals surface area (Å²) >= 11 is 4.73. The summed E-state index contributed by atoms with van der Waals surface area (Å²) in [6, 6.07) is 5.25. The second-order valence-corrected chi connectivity index (χ2v) is 7.51. The second-order valence-electron chi connectivity index (χ2n) is 5.60. The van der Waals surface area contributed by atoms with Crippen LogP contribution in [0.4, 0.5) is 0 Å². The van der Waals surface area contributed by atoms with Crippen molar-refractivity contribution in [1.82, 2.24) is 4.98 Å². The van der Waals surface area contributed by atoms with E-state index in [9.17, 15) is 4.79 Å². The molecule has 112 valence electrons. The number of carbonyl (C=O) groups is 1. The summed E-state index contributed by atoms with van der Waals surface area (Å²) in [5, 5.41) is 9.10. The first-order chi connectivity index (χ1) is 9.77. The van der Waals surface area contributed by atoms with Crippen molar-refractivity contribution in [3.63, 3.8) is 0 Å². The third kappa shape index (κ3) is 4.11. The average Bonchev–Trinajstić information content (AvgIpc) is 2.86. The predicted molar refractivity (Wildman–Crippen MR) is 85.9 cm³/mol. The number of aromatic nitrogens is 1. The molecule has 0 atom stereocenters. The van der Waals surface area contributed by atoms with Gasteiger partial charge in [0.15, 0.2) is 0 Å². The fourth-order valence-corrected chi connectivity index (χ4v) is 2.83. The monoisotopic (exact) mass is 369 g/mol. The van der Waals surface area contributed by atoms with Crippen molar-refractivity contribution in [3.05, 3.63) is 46.1 Å². The first kappa shape index (κ1) is 16.1. The molecule has 4 nitrogen and oxygen atoms in total. The number of carboxylic acids is 1. The van der Waals surface area contributed by atoms with E-state index in [1.807, 2.05) is 6.07 Å². The van der Waals surface area contributed by atoms with Crippen LogP contribution in [0.2, 0.25) is 0 Å². The molecule has 21 heavy (non-hydrogen) atoms. The van der Waals surface area contributed by atoms with E-state index in [4.69, 9.17) is 9.52 Å². The summed E-state index contributed by atoms with van der Waals surface area (Å²) in [5.74, 6) is 1.11. The van der Waals surface area contributed by atoms with E-state index in [0.29, 0.717) is 16.1 Å². The third-order valence-corrected chi connectivity index (χ3v) is 4.49. The van der Waals surface area contributed by atoms with Crippen molar-refractivity contribution in [2.45, 2.75) is 36.8 Å². The number of halogens is 1. The van der Waals surface area contributed by atoms with Crippen molar-refractivity contribution in [2.24, 2.45) is 0 Å². The molecule has 0 aliphatic heterocycles. The fourth-order valence-electron chi connectivity index (χ4n) is 1.63. The molecule has 0 saturated heterocycles. The summed E-state index contributed by atoms with van der Waals surface area (Å²) in [7, 11) is 0. The molecule has 0 amide bonds. The van der Waals surface area contributed by atoms with Crippen molar-refractivity contribution < 1.29 is 14.3 Å². The molecule has 0 saturated carbocycles. The topological polar surface area (TPSA) is 63.3 Å². The Kier molecular flexibility index (Phi) is 4.78. The Bertz CT molecular complexity index is 661. The van der Waals surface area contributed by atoms with Crippen LogP contribution < -0.4 is 0 Å². The van der Waals surface area contributed by atoms with E-state index in [1.165, 1.54) is 11.8 Å². The zero-order valence-corrected chi connectivity index (χ0v) is 14.4. The summed E-state index contributed by atoms with van der Waals surface area (Å²) < 4.78 is 6.29. The number of nitrogens with zero attached hydrogens (tertiary/aromatic N) is 1. The second kappa shape index (κ2) is 6.23. The van der Waals surface area contributed by atoms with Gasteiger partial charge in [-0.05, 0) is 34.1 Å². The van der Waals surface area contributed by atoms with E-state index in [1.54, 1.807) is 18.3 Å². The fraction of sp³-hybridized carbons (Fsp3) is 0.333. The molecule has 6 heteroatoms. The Morgan fingerprint density at radius 2 is 2.14 bits per heavy atom. The van der Waals surface area contributed by atoms with Gasteiger partial charge in [0.2, 0.25) is 5.89 Å². The zero-order chi connectivity index (χ0) is 15.6. The van der Waals surface area contributed by atoms with Crippen LogP contribution in [0, 0.1) is 0 Å². The van der Waals surface area contributed by atoms with Crippen LogP contribution in [0.3, 0.4) is 0 Å². The Hall–Kier alpha value is -1.27. The molecule has 0 aliphatic rings. The lowest BCUT2D eigenvalue weighted by Crippen LogP contribution is -2.09. The molecule has 0 aliphatic carbocycles. The molecule has 1 N–H and O–H groups in total. The Balaban J connectivity index is 2.08. The molecule has 1 aromatic carbocycles. The number of benzene rings is 1. The van der Waals surface area contributed by atoms with Crippen LogP contribution in [-0.4, -0.2) is 16.1 Å². The smallest absolute Gasteiger partial charge is 0.336 e. The third-order valence-electron chi connectivity index (χ3n) is 2.82. The minimum Gasteiger partial charge on any atom is -0.478 e. The van der Waals surface area contributed by atoms with Crippen molar-refractivity contribution in [2.75, 3.05) is 0 Å². The molecule has 2 rings (SSSR count). The van der Waals surface area contributed by atoms with E-state index in [0.717, 1.165) is 10.7 Å². The van der Waals surface area contributed by atoms with Crippen molar-refractivity contribution in [3.8, 4) is 0 Å². The molecular weight excluding hydrogens is 354 g/mol. The summed E-state index contributed by atoms with van der Waals surface area (Å²) in [6.45, 7) is 6.20. The maximum absolute atomic E-state index is 11.1.